The number of phenols is 1. The number of benzene rings is 2. The molecule has 2 aromatic carbocycles. The van der Waals surface area contributed by atoms with Gasteiger partial charge in [0.1, 0.15) is 11.6 Å². The maximum Gasteiger partial charge on any atom is 0.224 e. The van der Waals surface area contributed by atoms with E-state index in [0.717, 1.165) is 17.0 Å². The molecule has 0 saturated carbocycles. The van der Waals surface area contributed by atoms with Crippen molar-refractivity contribution in [1.29, 1.82) is 0 Å². The molecule has 0 aliphatic rings. The molecule has 0 aliphatic heterocycles. The van der Waals surface area contributed by atoms with Gasteiger partial charge in [-0.05, 0) is 24.6 Å². The minimum atomic E-state index is -0.143. The third kappa shape index (κ3) is 3.78. The van der Waals surface area contributed by atoms with Crippen LogP contribution < -0.4 is 5.32 Å². The molecule has 0 bridgehead atoms. The Labute approximate surface area is 139 Å². The summed E-state index contributed by atoms with van der Waals surface area (Å²) in [4.78, 5) is 16.3. The number of H-pyrrole nitrogens is 1. The molecule has 3 N–H and O–H groups in total. The molecular weight excluding hydrogens is 304 g/mol. The number of amides is 1. The van der Waals surface area contributed by atoms with Crippen molar-refractivity contribution < 1.29 is 9.90 Å². The van der Waals surface area contributed by atoms with E-state index in [9.17, 15) is 9.90 Å². The Morgan fingerprint density at radius 1 is 1.21 bits per heavy atom. The lowest BCUT2D eigenvalue weighted by atomic mass is 10.1. The number of phenolic OH excluding ortho intramolecular Hbond substituents is 1. The average molecular weight is 322 g/mol. The van der Waals surface area contributed by atoms with E-state index in [1.54, 1.807) is 24.3 Å². The SMILES string of the molecule is Cc1nc(-c2cccc(CNC(=O)Cc3ccccc3O)c2)n[nH]1. The lowest BCUT2D eigenvalue weighted by molar-refractivity contribution is -0.120. The zero-order chi connectivity index (χ0) is 16.9. The standard InChI is InChI=1S/C18H18N4O2/c1-12-20-18(22-21-12)15-7-4-5-13(9-15)11-19-17(24)10-14-6-2-3-8-16(14)23/h2-9,23H,10-11H2,1H3,(H,19,24)(H,20,21,22). The molecule has 0 fully saturated rings. The van der Waals surface area contributed by atoms with Gasteiger partial charge in [0.2, 0.25) is 5.91 Å². The van der Waals surface area contributed by atoms with Crippen LogP contribution in [0.3, 0.4) is 0 Å². The Hall–Kier alpha value is -3.15. The molecule has 1 heterocycles. The van der Waals surface area contributed by atoms with Crippen LogP contribution in [0.5, 0.6) is 5.75 Å². The fraction of sp³-hybridized carbons (Fsp3) is 0.167. The maximum atomic E-state index is 12.0. The van der Waals surface area contributed by atoms with E-state index in [2.05, 4.69) is 20.5 Å². The van der Waals surface area contributed by atoms with Crippen molar-refractivity contribution in [2.24, 2.45) is 0 Å². The van der Waals surface area contributed by atoms with E-state index in [1.165, 1.54) is 0 Å². The van der Waals surface area contributed by atoms with Gasteiger partial charge in [-0.1, -0.05) is 36.4 Å². The Kier molecular flexibility index (Phi) is 4.56. The number of para-hydroxylation sites is 1. The van der Waals surface area contributed by atoms with Gasteiger partial charge in [-0.25, -0.2) is 4.98 Å². The summed E-state index contributed by atoms with van der Waals surface area (Å²) in [6.07, 6.45) is 0.145. The number of nitrogens with one attached hydrogen (secondary N) is 2. The summed E-state index contributed by atoms with van der Waals surface area (Å²) in [6, 6.07) is 14.6. The van der Waals surface area contributed by atoms with Gasteiger partial charge in [0.15, 0.2) is 5.82 Å². The first-order valence-electron chi connectivity index (χ1n) is 7.64. The summed E-state index contributed by atoms with van der Waals surface area (Å²) >= 11 is 0. The molecular formula is C18H18N4O2. The molecule has 0 unspecified atom stereocenters. The third-order valence-electron chi connectivity index (χ3n) is 3.61. The Balaban J connectivity index is 1.62. The molecule has 0 spiro atoms. The molecule has 1 aromatic heterocycles. The summed E-state index contributed by atoms with van der Waals surface area (Å²) in [7, 11) is 0. The summed E-state index contributed by atoms with van der Waals surface area (Å²) in [5.41, 5.74) is 2.47. The zero-order valence-corrected chi connectivity index (χ0v) is 13.3. The monoisotopic (exact) mass is 322 g/mol. The smallest absolute Gasteiger partial charge is 0.224 e. The average Bonchev–Trinajstić information content (AvgIpc) is 3.02. The highest BCUT2D eigenvalue weighted by atomic mass is 16.3. The molecule has 0 aliphatic carbocycles. The van der Waals surface area contributed by atoms with E-state index in [1.807, 2.05) is 31.2 Å². The maximum absolute atomic E-state index is 12.0. The van der Waals surface area contributed by atoms with E-state index in [4.69, 9.17) is 0 Å². The van der Waals surface area contributed by atoms with Crippen LogP contribution in [0.25, 0.3) is 11.4 Å². The van der Waals surface area contributed by atoms with Gasteiger partial charge in [-0.3, -0.25) is 9.89 Å². The molecule has 6 nitrogen and oxygen atoms in total. The van der Waals surface area contributed by atoms with Gasteiger partial charge in [-0.2, -0.15) is 5.10 Å². The van der Waals surface area contributed by atoms with Gasteiger partial charge in [0.05, 0.1) is 6.42 Å². The van der Waals surface area contributed by atoms with Crippen molar-refractivity contribution in [2.75, 3.05) is 0 Å². The fourth-order valence-corrected chi connectivity index (χ4v) is 2.39. The molecule has 6 heteroatoms. The van der Waals surface area contributed by atoms with Crippen molar-refractivity contribution in [2.45, 2.75) is 19.9 Å². The lowest BCUT2D eigenvalue weighted by Gasteiger charge is -2.07. The summed E-state index contributed by atoms with van der Waals surface area (Å²) < 4.78 is 0. The highest BCUT2D eigenvalue weighted by molar-refractivity contribution is 5.79. The van der Waals surface area contributed by atoms with Crippen molar-refractivity contribution in [3.63, 3.8) is 0 Å². The number of aromatic amines is 1. The van der Waals surface area contributed by atoms with Crippen molar-refractivity contribution in [3.8, 4) is 17.1 Å². The van der Waals surface area contributed by atoms with E-state index in [-0.39, 0.29) is 18.1 Å². The topological polar surface area (TPSA) is 90.9 Å². The minimum absolute atomic E-state index is 0.134. The van der Waals surface area contributed by atoms with Gasteiger partial charge in [-0.15, -0.1) is 0 Å². The molecule has 24 heavy (non-hydrogen) atoms. The Morgan fingerprint density at radius 3 is 2.79 bits per heavy atom. The quantitative estimate of drug-likeness (QED) is 0.672. The van der Waals surface area contributed by atoms with Crippen LogP contribution in [-0.4, -0.2) is 26.2 Å². The second-order valence-corrected chi connectivity index (χ2v) is 5.53. The highest BCUT2D eigenvalue weighted by Gasteiger charge is 2.08. The first-order valence-corrected chi connectivity index (χ1v) is 7.64. The number of hydrogen-bond donors (Lipinski definition) is 3. The second-order valence-electron chi connectivity index (χ2n) is 5.53. The van der Waals surface area contributed by atoms with Gasteiger partial charge in [0.25, 0.3) is 0 Å². The number of nitrogens with zero attached hydrogens (tertiary/aromatic N) is 2. The predicted molar refractivity (Wildman–Crippen MR) is 90.2 cm³/mol. The predicted octanol–water partition coefficient (Wildman–Crippen LogP) is 2.34. The van der Waals surface area contributed by atoms with Crippen molar-refractivity contribution in [3.05, 3.63) is 65.5 Å². The number of aromatic hydroxyl groups is 1. The second kappa shape index (κ2) is 6.95. The van der Waals surface area contributed by atoms with Crippen LogP contribution >= 0.6 is 0 Å². The lowest BCUT2D eigenvalue weighted by Crippen LogP contribution is -2.24. The molecule has 1 amide bonds. The summed E-state index contributed by atoms with van der Waals surface area (Å²) in [5.74, 6) is 1.38. The number of carbonyl (C=O) groups is 1. The number of rotatable bonds is 5. The van der Waals surface area contributed by atoms with Gasteiger partial charge < -0.3 is 10.4 Å². The Bertz CT molecular complexity index is 857. The molecule has 0 radical (unpaired) electrons. The first-order chi connectivity index (χ1) is 11.6. The number of hydrogen-bond acceptors (Lipinski definition) is 4. The van der Waals surface area contributed by atoms with Crippen LogP contribution in [-0.2, 0) is 17.8 Å². The normalized spacial score (nSPS) is 10.5. The zero-order valence-electron chi connectivity index (χ0n) is 13.3. The molecule has 3 aromatic rings. The van der Waals surface area contributed by atoms with Crippen molar-refractivity contribution in [1.82, 2.24) is 20.5 Å². The summed E-state index contributed by atoms with van der Waals surface area (Å²) in [5, 5.41) is 19.5. The van der Waals surface area contributed by atoms with Crippen LogP contribution in [0.15, 0.2) is 48.5 Å². The summed E-state index contributed by atoms with van der Waals surface area (Å²) in [6.45, 7) is 2.25. The first kappa shape index (κ1) is 15.7. The molecule has 122 valence electrons. The molecule has 0 saturated heterocycles. The van der Waals surface area contributed by atoms with Crippen LogP contribution in [0.2, 0.25) is 0 Å². The van der Waals surface area contributed by atoms with Crippen molar-refractivity contribution >= 4 is 5.91 Å². The largest absolute Gasteiger partial charge is 0.508 e. The van der Waals surface area contributed by atoms with Crippen LogP contribution in [0.1, 0.15) is 17.0 Å². The van der Waals surface area contributed by atoms with E-state index < -0.39 is 0 Å². The Morgan fingerprint density at radius 2 is 2.04 bits per heavy atom. The van der Waals surface area contributed by atoms with Crippen LogP contribution in [0.4, 0.5) is 0 Å². The third-order valence-corrected chi connectivity index (χ3v) is 3.61. The number of aromatic nitrogens is 3. The highest BCUT2D eigenvalue weighted by Crippen LogP contribution is 2.17. The van der Waals surface area contributed by atoms with Gasteiger partial charge >= 0.3 is 0 Å². The number of carbonyl (C=O) groups excluding carboxylic acids is 1. The minimum Gasteiger partial charge on any atom is -0.508 e. The fourth-order valence-electron chi connectivity index (χ4n) is 2.39. The molecule has 3 rings (SSSR count). The van der Waals surface area contributed by atoms with Crippen LogP contribution in [0, 0.1) is 6.92 Å². The number of aryl methyl sites for hydroxylation is 1. The molecule has 0 atom stereocenters. The van der Waals surface area contributed by atoms with E-state index in [0.29, 0.717) is 17.9 Å². The van der Waals surface area contributed by atoms with E-state index >= 15 is 0 Å². The van der Waals surface area contributed by atoms with Gasteiger partial charge in [0, 0.05) is 17.7 Å².